The quantitative estimate of drug-likeness (QED) is 0.437. The smallest absolute Gasteiger partial charge is 0.279 e. The summed E-state index contributed by atoms with van der Waals surface area (Å²) in [6, 6.07) is 18.9. The van der Waals surface area contributed by atoms with Crippen LogP contribution in [0, 0.1) is 5.82 Å². The highest BCUT2D eigenvalue weighted by molar-refractivity contribution is 7.92. The van der Waals surface area contributed by atoms with Gasteiger partial charge >= 0.3 is 0 Å². The zero-order chi connectivity index (χ0) is 22.9. The summed E-state index contributed by atoms with van der Waals surface area (Å²) in [4.78, 5) is 17.3. The number of carbonyl (C=O) groups excluding carboxylic acids is 1. The highest BCUT2D eigenvalue weighted by Gasteiger charge is 2.23. The summed E-state index contributed by atoms with van der Waals surface area (Å²) in [5, 5.41) is 0. The maximum atomic E-state index is 13.5. The number of benzene rings is 3. The van der Waals surface area contributed by atoms with Crippen molar-refractivity contribution < 1.29 is 17.6 Å². The van der Waals surface area contributed by atoms with Gasteiger partial charge in [-0.3, -0.25) is 9.10 Å². The number of para-hydroxylation sites is 1. The first-order valence-corrected chi connectivity index (χ1v) is 12.1. The number of rotatable bonds is 5. The van der Waals surface area contributed by atoms with E-state index in [4.69, 9.17) is 0 Å². The molecule has 0 aliphatic carbocycles. The van der Waals surface area contributed by atoms with Crippen LogP contribution in [0.15, 0.2) is 82.7 Å². The number of nitrogens with zero attached hydrogens (tertiary/aromatic N) is 3. The maximum Gasteiger partial charge on any atom is 0.279 e. The Hall–Kier alpha value is -3.30. The Labute approximate surface area is 188 Å². The van der Waals surface area contributed by atoms with E-state index in [1.54, 1.807) is 48.9 Å². The molecule has 32 heavy (non-hydrogen) atoms. The Morgan fingerprint density at radius 3 is 2.41 bits per heavy atom. The first kappa shape index (κ1) is 21.9. The molecule has 164 valence electrons. The van der Waals surface area contributed by atoms with E-state index in [1.807, 2.05) is 6.07 Å². The second-order valence-electron chi connectivity index (χ2n) is 7.00. The molecule has 0 N–H and O–H groups in total. The van der Waals surface area contributed by atoms with E-state index in [1.165, 1.54) is 52.0 Å². The summed E-state index contributed by atoms with van der Waals surface area (Å²) in [7, 11) is -2.03. The SMILES string of the molecule is CCN(c1ccccc1)S(=O)(=O)c1ccc(C(=O)N=c2sc3cc(F)ccc3n2C)cc1. The number of thiazole rings is 1. The van der Waals surface area contributed by atoms with Crippen LogP contribution in [-0.2, 0) is 17.1 Å². The van der Waals surface area contributed by atoms with Crippen LogP contribution < -0.4 is 9.11 Å². The molecule has 0 unspecified atom stereocenters. The van der Waals surface area contributed by atoms with Gasteiger partial charge in [0, 0.05) is 19.2 Å². The zero-order valence-corrected chi connectivity index (χ0v) is 19.0. The molecule has 0 saturated heterocycles. The van der Waals surface area contributed by atoms with Crippen LogP contribution in [0.25, 0.3) is 10.2 Å². The largest absolute Gasteiger partial charge is 0.319 e. The van der Waals surface area contributed by atoms with Crippen LogP contribution in [0.2, 0.25) is 0 Å². The number of hydrogen-bond acceptors (Lipinski definition) is 4. The minimum absolute atomic E-state index is 0.0858. The molecule has 0 saturated carbocycles. The van der Waals surface area contributed by atoms with Gasteiger partial charge in [-0.25, -0.2) is 12.8 Å². The van der Waals surface area contributed by atoms with Crippen molar-refractivity contribution in [3.05, 3.63) is 89.0 Å². The number of aromatic nitrogens is 1. The van der Waals surface area contributed by atoms with Gasteiger partial charge in [0.05, 0.1) is 20.8 Å². The molecule has 0 spiro atoms. The number of sulfonamides is 1. The summed E-state index contributed by atoms with van der Waals surface area (Å²) >= 11 is 1.21. The van der Waals surface area contributed by atoms with Crippen LogP contribution in [0.3, 0.4) is 0 Å². The molecule has 6 nitrogen and oxygen atoms in total. The predicted molar refractivity (Wildman–Crippen MR) is 124 cm³/mol. The third-order valence-electron chi connectivity index (χ3n) is 4.99. The molecule has 1 amide bonds. The monoisotopic (exact) mass is 469 g/mol. The van der Waals surface area contributed by atoms with Crippen molar-refractivity contribution in [3.8, 4) is 0 Å². The molecule has 0 radical (unpaired) electrons. The van der Waals surface area contributed by atoms with E-state index in [-0.39, 0.29) is 22.8 Å². The van der Waals surface area contributed by atoms with Crippen molar-refractivity contribution in [1.82, 2.24) is 4.57 Å². The summed E-state index contributed by atoms with van der Waals surface area (Å²) in [6.45, 7) is 2.03. The highest BCUT2D eigenvalue weighted by atomic mass is 32.2. The van der Waals surface area contributed by atoms with Crippen LogP contribution >= 0.6 is 11.3 Å². The zero-order valence-electron chi connectivity index (χ0n) is 17.4. The van der Waals surface area contributed by atoms with E-state index in [0.717, 1.165) is 5.52 Å². The number of hydrogen-bond donors (Lipinski definition) is 0. The van der Waals surface area contributed by atoms with Gasteiger partial charge in [0.2, 0.25) is 0 Å². The van der Waals surface area contributed by atoms with Crippen molar-refractivity contribution in [2.75, 3.05) is 10.8 Å². The molecular formula is C23H20FN3O3S2. The Bertz CT molecular complexity index is 1460. The average molecular weight is 470 g/mol. The van der Waals surface area contributed by atoms with Gasteiger partial charge < -0.3 is 4.57 Å². The summed E-state index contributed by atoms with van der Waals surface area (Å²) in [6.07, 6.45) is 0. The molecule has 4 rings (SSSR count). The third kappa shape index (κ3) is 4.09. The second-order valence-corrected chi connectivity index (χ2v) is 9.87. The Morgan fingerprint density at radius 1 is 1.06 bits per heavy atom. The molecule has 0 atom stereocenters. The van der Waals surface area contributed by atoms with Gasteiger partial charge in [-0.1, -0.05) is 29.5 Å². The van der Waals surface area contributed by atoms with E-state index < -0.39 is 15.9 Å². The fourth-order valence-electron chi connectivity index (χ4n) is 3.35. The van der Waals surface area contributed by atoms with Crippen LogP contribution in [-0.4, -0.2) is 25.4 Å². The van der Waals surface area contributed by atoms with Gasteiger partial charge in [0.1, 0.15) is 5.82 Å². The van der Waals surface area contributed by atoms with E-state index >= 15 is 0 Å². The second kappa shape index (κ2) is 8.68. The van der Waals surface area contributed by atoms with Gasteiger partial charge in [0.15, 0.2) is 4.80 Å². The van der Waals surface area contributed by atoms with Gasteiger partial charge in [-0.2, -0.15) is 4.99 Å². The number of carbonyl (C=O) groups is 1. The van der Waals surface area contributed by atoms with Gasteiger partial charge in [-0.05, 0) is 61.5 Å². The van der Waals surface area contributed by atoms with Crippen molar-refractivity contribution >= 4 is 43.2 Å². The maximum absolute atomic E-state index is 13.5. The van der Waals surface area contributed by atoms with E-state index in [2.05, 4.69) is 4.99 Å². The summed E-state index contributed by atoms with van der Waals surface area (Å²) in [5.74, 6) is -0.863. The topological polar surface area (TPSA) is 71.7 Å². The Morgan fingerprint density at radius 2 is 1.75 bits per heavy atom. The number of amides is 1. The van der Waals surface area contributed by atoms with Crippen molar-refractivity contribution in [3.63, 3.8) is 0 Å². The fourth-order valence-corrected chi connectivity index (χ4v) is 5.86. The molecule has 0 fully saturated rings. The minimum atomic E-state index is -3.78. The Kier molecular flexibility index (Phi) is 5.94. The molecule has 3 aromatic carbocycles. The highest BCUT2D eigenvalue weighted by Crippen LogP contribution is 2.23. The lowest BCUT2D eigenvalue weighted by atomic mass is 10.2. The number of anilines is 1. The molecule has 4 aromatic rings. The van der Waals surface area contributed by atoms with Gasteiger partial charge in [-0.15, -0.1) is 0 Å². The van der Waals surface area contributed by atoms with Crippen LogP contribution in [0.5, 0.6) is 0 Å². The van der Waals surface area contributed by atoms with E-state index in [0.29, 0.717) is 15.2 Å². The van der Waals surface area contributed by atoms with Crippen LogP contribution in [0.1, 0.15) is 17.3 Å². The average Bonchev–Trinajstić information content (AvgIpc) is 3.09. The molecule has 0 aliphatic heterocycles. The Balaban J connectivity index is 1.64. The molecule has 9 heteroatoms. The standard InChI is InChI=1S/C23H20FN3O3S2/c1-3-27(18-7-5-4-6-8-18)32(29,30)19-12-9-16(10-13-19)22(28)25-23-26(2)20-14-11-17(24)15-21(20)31-23/h4-15H,3H2,1-2H3. The van der Waals surface area contributed by atoms with Crippen molar-refractivity contribution in [2.24, 2.45) is 12.0 Å². The lowest BCUT2D eigenvalue weighted by Crippen LogP contribution is -2.30. The minimum Gasteiger partial charge on any atom is -0.319 e. The number of aryl methyl sites for hydroxylation is 1. The lowest BCUT2D eigenvalue weighted by Gasteiger charge is -2.22. The first-order valence-electron chi connectivity index (χ1n) is 9.83. The summed E-state index contributed by atoms with van der Waals surface area (Å²) < 4.78 is 43.4. The lowest BCUT2D eigenvalue weighted by molar-refractivity contribution is 0.0998. The molecule has 0 bridgehead atoms. The van der Waals surface area contributed by atoms with Gasteiger partial charge in [0.25, 0.3) is 15.9 Å². The van der Waals surface area contributed by atoms with Crippen molar-refractivity contribution in [2.45, 2.75) is 11.8 Å². The molecule has 1 heterocycles. The fraction of sp³-hybridized carbons (Fsp3) is 0.130. The number of fused-ring (bicyclic) bond motifs is 1. The molecule has 0 aliphatic rings. The van der Waals surface area contributed by atoms with Crippen LogP contribution in [0.4, 0.5) is 10.1 Å². The normalized spacial score (nSPS) is 12.3. The van der Waals surface area contributed by atoms with Crippen molar-refractivity contribution in [1.29, 1.82) is 0 Å². The third-order valence-corrected chi connectivity index (χ3v) is 8.00. The predicted octanol–water partition coefficient (Wildman–Crippen LogP) is 4.34. The molecular weight excluding hydrogens is 449 g/mol. The summed E-state index contributed by atoms with van der Waals surface area (Å²) in [5.41, 5.74) is 1.60. The number of halogens is 1. The van der Waals surface area contributed by atoms with E-state index in [9.17, 15) is 17.6 Å². The molecule has 1 aromatic heterocycles. The first-order chi connectivity index (χ1) is 15.3.